The van der Waals surface area contributed by atoms with Crippen molar-refractivity contribution in [2.75, 3.05) is 0 Å². The van der Waals surface area contributed by atoms with Crippen LogP contribution in [0.15, 0.2) is 11.1 Å². The zero-order valence-corrected chi connectivity index (χ0v) is 6.13. The Kier molecular flexibility index (Phi) is 23.9. The van der Waals surface area contributed by atoms with E-state index in [2.05, 4.69) is 13.8 Å². The Balaban J connectivity index is 0. The fourth-order valence-corrected chi connectivity index (χ4v) is 0. The highest BCUT2D eigenvalue weighted by atomic mass is 35.5. The summed E-state index contributed by atoms with van der Waals surface area (Å²) in [5.41, 5.74) is 2.48. The van der Waals surface area contributed by atoms with E-state index in [0.29, 0.717) is 0 Å². The van der Waals surface area contributed by atoms with Gasteiger partial charge in [-0.15, -0.1) is 0 Å². The van der Waals surface area contributed by atoms with Gasteiger partial charge < -0.3 is 0 Å². The zero-order chi connectivity index (χ0) is 6.12. The summed E-state index contributed by atoms with van der Waals surface area (Å²) in [4.78, 5) is 0. The third-order valence-electron chi connectivity index (χ3n) is 0.0476. The van der Waals surface area contributed by atoms with Crippen LogP contribution in [0, 0.1) is 0 Å². The van der Waals surface area contributed by atoms with E-state index in [4.69, 9.17) is 23.2 Å². The van der Waals surface area contributed by atoms with Gasteiger partial charge in [-0.05, 0) is 0 Å². The molecule has 0 heterocycles. The van der Waals surface area contributed by atoms with Gasteiger partial charge in [-0.3, -0.25) is 0 Å². The summed E-state index contributed by atoms with van der Waals surface area (Å²) in [6, 6.07) is 0. The third-order valence-corrected chi connectivity index (χ3v) is 0.429. The molecule has 0 aromatic carbocycles. The molecule has 0 aliphatic carbocycles. The molecule has 0 aliphatic rings. The monoisotopic (exact) mass is 140 g/mol. The molecule has 0 fully saturated rings. The summed E-state index contributed by atoms with van der Waals surface area (Å²) in [6.07, 6.45) is 1.25. The van der Waals surface area contributed by atoms with E-state index in [1.165, 1.54) is 17.5 Å². The Morgan fingerprint density at radius 3 is 1.29 bits per heavy atom. The maximum Gasteiger partial charge on any atom is 0.0156 e. The van der Waals surface area contributed by atoms with Crippen molar-refractivity contribution < 1.29 is 0 Å². The SMILES string of the molecule is CCC.ClC=CCl. The van der Waals surface area contributed by atoms with Crippen LogP contribution in [-0.4, -0.2) is 0 Å². The fourth-order valence-electron chi connectivity index (χ4n) is 0. The van der Waals surface area contributed by atoms with Gasteiger partial charge in [0.2, 0.25) is 0 Å². The van der Waals surface area contributed by atoms with Crippen LogP contribution < -0.4 is 0 Å². The van der Waals surface area contributed by atoms with Gasteiger partial charge in [0.05, 0.1) is 0 Å². The van der Waals surface area contributed by atoms with Crippen LogP contribution in [-0.2, 0) is 0 Å². The second kappa shape index (κ2) is 16.2. The molecule has 0 spiro atoms. The highest BCUT2D eigenvalue weighted by Gasteiger charge is 1.40. The van der Waals surface area contributed by atoms with Crippen LogP contribution in [0.3, 0.4) is 0 Å². The largest absolute Gasteiger partial charge is 0.0920 e. The summed E-state index contributed by atoms with van der Waals surface area (Å²) < 4.78 is 0. The average Bonchev–Trinajstić information content (AvgIpc) is 1.69. The van der Waals surface area contributed by atoms with Gasteiger partial charge in [0.25, 0.3) is 0 Å². The molecule has 0 aliphatic heterocycles. The Labute approximate surface area is 55.1 Å². The Morgan fingerprint density at radius 1 is 1.14 bits per heavy atom. The van der Waals surface area contributed by atoms with E-state index in [0.717, 1.165) is 0 Å². The van der Waals surface area contributed by atoms with E-state index >= 15 is 0 Å². The maximum atomic E-state index is 4.87. The first kappa shape index (κ1) is 10.3. The van der Waals surface area contributed by atoms with Crippen LogP contribution in [0.4, 0.5) is 0 Å². The molecule has 0 aromatic rings. The van der Waals surface area contributed by atoms with Crippen LogP contribution in [0.5, 0.6) is 0 Å². The van der Waals surface area contributed by atoms with E-state index in [1.54, 1.807) is 0 Å². The second-order valence-electron chi connectivity index (χ2n) is 0.959. The van der Waals surface area contributed by atoms with Gasteiger partial charge in [0.15, 0.2) is 0 Å². The Hall–Kier alpha value is 0.320. The summed E-state index contributed by atoms with van der Waals surface area (Å²) >= 11 is 9.75. The van der Waals surface area contributed by atoms with Crippen molar-refractivity contribution in [2.24, 2.45) is 0 Å². The Bertz CT molecular complexity index is 29.1. The smallest absolute Gasteiger partial charge is 0.0156 e. The van der Waals surface area contributed by atoms with Gasteiger partial charge in [0, 0.05) is 11.1 Å². The lowest BCUT2D eigenvalue weighted by atomic mass is 10.6. The minimum atomic E-state index is 1.24. The molecule has 0 bridgehead atoms. The number of rotatable bonds is 0. The predicted octanol–water partition coefficient (Wildman–Crippen LogP) is 3.35. The number of hydrogen-bond acceptors (Lipinski definition) is 0. The molecule has 0 unspecified atom stereocenters. The van der Waals surface area contributed by atoms with Crippen molar-refractivity contribution in [3.05, 3.63) is 11.1 Å². The minimum absolute atomic E-state index is 1.24. The molecule has 0 atom stereocenters. The van der Waals surface area contributed by atoms with Gasteiger partial charge >= 0.3 is 0 Å². The van der Waals surface area contributed by atoms with E-state index in [1.807, 2.05) is 0 Å². The maximum absolute atomic E-state index is 4.87. The topological polar surface area (TPSA) is 0 Å². The first-order valence-electron chi connectivity index (χ1n) is 2.18. The zero-order valence-electron chi connectivity index (χ0n) is 4.62. The summed E-state index contributed by atoms with van der Waals surface area (Å²) in [7, 11) is 0. The molecule has 2 heteroatoms. The van der Waals surface area contributed by atoms with Gasteiger partial charge in [-0.1, -0.05) is 43.5 Å². The quantitative estimate of drug-likeness (QED) is 0.485. The molecule has 0 aromatic heterocycles. The van der Waals surface area contributed by atoms with Crippen LogP contribution in [0.2, 0.25) is 0 Å². The van der Waals surface area contributed by atoms with Gasteiger partial charge in [0.1, 0.15) is 0 Å². The molecule has 0 N–H and O–H groups in total. The first-order valence-corrected chi connectivity index (χ1v) is 3.06. The first-order chi connectivity index (χ1) is 3.33. The second-order valence-corrected chi connectivity index (χ2v) is 1.46. The average molecular weight is 141 g/mol. The molecule has 0 amide bonds. The minimum Gasteiger partial charge on any atom is -0.0920 e. The van der Waals surface area contributed by atoms with Crippen molar-refractivity contribution in [3.63, 3.8) is 0 Å². The van der Waals surface area contributed by atoms with Gasteiger partial charge in [-0.25, -0.2) is 0 Å². The Morgan fingerprint density at radius 2 is 1.29 bits per heavy atom. The number of hydrogen-bond donors (Lipinski definition) is 0. The predicted molar refractivity (Wildman–Crippen MR) is 36.8 cm³/mol. The molecule has 0 rings (SSSR count). The van der Waals surface area contributed by atoms with E-state index in [9.17, 15) is 0 Å². The van der Waals surface area contributed by atoms with E-state index < -0.39 is 0 Å². The summed E-state index contributed by atoms with van der Waals surface area (Å²) in [5.74, 6) is 0. The van der Waals surface area contributed by atoms with Crippen molar-refractivity contribution in [1.82, 2.24) is 0 Å². The molecule has 0 nitrogen and oxygen atoms in total. The standard InChI is InChI=1S/C3H8.C2H2Cl2/c1-3-2;3-1-2-4/h3H2,1-2H3;1-2H. The number of halogens is 2. The van der Waals surface area contributed by atoms with Crippen LogP contribution >= 0.6 is 23.2 Å². The molecule has 7 heavy (non-hydrogen) atoms. The molecule has 44 valence electrons. The van der Waals surface area contributed by atoms with E-state index in [-0.39, 0.29) is 0 Å². The highest BCUT2D eigenvalue weighted by molar-refractivity contribution is 6.33. The lowest BCUT2D eigenvalue weighted by Crippen LogP contribution is -1.27. The van der Waals surface area contributed by atoms with Crippen LogP contribution in [0.25, 0.3) is 0 Å². The highest BCUT2D eigenvalue weighted by Crippen LogP contribution is 1.78. The van der Waals surface area contributed by atoms with Crippen molar-refractivity contribution in [3.8, 4) is 0 Å². The molecular formula is C5H10Cl2. The van der Waals surface area contributed by atoms with Crippen molar-refractivity contribution in [2.45, 2.75) is 20.3 Å². The molecule has 0 saturated heterocycles. The molecule has 0 radical (unpaired) electrons. The van der Waals surface area contributed by atoms with Gasteiger partial charge in [-0.2, -0.15) is 0 Å². The molecule has 0 saturated carbocycles. The summed E-state index contributed by atoms with van der Waals surface area (Å²) in [5, 5.41) is 0. The van der Waals surface area contributed by atoms with Crippen molar-refractivity contribution >= 4 is 23.2 Å². The summed E-state index contributed by atoms with van der Waals surface area (Å²) in [6.45, 7) is 4.25. The normalized spacial score (nSPS) is 8.00. The molecular weight excluding hydrogens is 131 g/mol. The third kappa shape index (κ3) is 67.7. The van der Waals surface area contributed by atoms with Crippen molar-refractivity contribution in [1.29, 1.82) is 0 Å². The lowest BCUT2D eigenvalue weighted by Gasteiger charge is -1.48. The fraction of sp³-hybridized carbons (Fsp3) is 0.600. The van der Waals surface area contributed by atoms with Crippen LogP contribution in [0.1, 0.15) is 20.3 Å². The lowest BCUT2D eigenvalue weighted by molar-refractivity contribution is 1.09.